The van der Waals surface area contributed by atoms with Crippen LogP contribution >= 0.6 is 39.3 Å². The van der Waals surface area contributed by atoms with Gasteiger partial charge in [-0.25, -0.2) is 0 Å². The molecule has 7 nitrogen and oxygen atoms in total. The highest BCUT2D eigenvalue weighted by atomic mass is 79.9. The van der Waals surface area contributed by atoms with Gasteiger partial charge in [0, 0.05) is 18.1 Å². The number of rotatable bonds is 6. The van der Waals surface area contributed by atoms with Crippen LogP contribution in [0.4, 0.5) is 4.79 Å². The van der Waals surface area contributed by atoms with Gasteiger partial charge in [-0.3, -0.25) is 19.3 Å². The van der Waals surface area contributed by atoms with E-state index in [9.17, 15) is 14.4 Å². The van der Waals surface area contributed by atoms with Crippen LogP contribution in [0, 0.1) is 0 Å². The Labute approximate surface area is 208 Å². The number of imide groups is 1. The largest absolute Gasteiger partial charge is 0.483 e. The Bertz CT molecular complexity index is 1120. The molecular formula is C23H20BrClN2O5S. The SMILES string of the molecule is O=C(COc1ccc(/C=C2\SC(=O)N(Cc3ccccc3Cl)C2=O)cc1Br)N1CCOCC1. The van der Waals surface area contributed by atoms with E-state index in [1.807, 2.05) is 6.07 Å². The van der Waals surface area contributed by atoms with Crippen molar-refractivity contribution in [3.05, 3.63) is 68.0 Å². The molecule has 0 saturated carbocycles. The van der Waals surface area contributed by atoms with Gasteiger partial charge in [0.15, 0.2) is 6.61 Å². The minimum Gasteiger partial charge on any atom is -0.483 e. The van der Waals surface area contributed by atoms with Crippen LogP contribution in [0.3, 0.4) is 0 Å². The molecule has 2 saturated heterocycles. The average Bonchev–Trinajstić information content (AvgIpc) is 3.07. The van der Waals surface area contributed by atoms with Crippen molar-refractivity contribution in [3.8, 4) is 5.75 Å². The van der Waals surface area contributed by atoms with E-state index in [1.54, 1.807) is 47.4 Å². The molecule has 0 aliphatic carbocycles. The summed E-state index contributed by atoms with van der Waals surface area (Å²) in [5.41, 5.74) is 1.43. The summed E-state index contributed by atoms with van der Waals surface area (Å²) in [6.45, 7) is 2.25. The third kappa shape index (κ3) is 5.78. The predicted octanol–water partition coefficient (Wildman–Crippen LogP) is 4.58. The molecule has 0 bridgehead atoms. The Balaban J connectivity index is 1.41. The van der Waals surface area contributed by atoms with Gasteiger partial charge in [-0.2, -0.15) is 0 Å². The third-order valence-electron chi connectivity index (χ3n) is 5.13. The number of thioether (sulfide) groups is 1. The first kappa shape index (κ1) is 23.8. The molecule has 0 unspecified atom stereocenters. The minimum absolute atomic E-state index is 0.0706. The molecule has 4 rings (SSSR count). The zero-order chi connectivity index (χ0) is 23.4. The van der Waals surface area contributed by atoms with Gasteiger partial charge in [0.25, 0.3) is 17.1 Å². The number of hydrogen-bond acceptors (Lipinski definition) is 6. The van der Waals surface area contributed by atoms with Crippen molar-refractivity contribution in [2.45, 2.75) is 6.54 Å². The van der Waals surface area contributed by atoms with E-state index in [2.05, 4.69) is 15.9 Å². The number of carbonyl (C=O) groups is 3. The fourth-order valence-corrected chi connectivity index (χ4v) is 4.90. The summed E-state index contributed by atoms with van der Waals surface area (Å²) in [4.78, 5) is 40.7. The smallest absolute Gasteiger partial charge is 0.293 e. The van der Waals surface area contributed by atoms with E-state index < -0.39 is 0 Å². The fourth-order valence-electron chi connectivity index (χ4n) is 3.35. The van der Waals surface area contributed by atoms with E-state index in [-0.39, 0.29) is 30.2 Å². The number of hydrogen-bond donors (Lipinski definition) is 0. The number of halogens is 2. The summed E-state index contributed by atoms with van der Waals surface area (Å²) in [6, 6.07) is 12.4. The summed E-state index contributed by atoms with van der Waals surface area (Å²) in [5.74, 6) is 0.0551. The first-order valence-corrected chi connectivity index (χ1v) is 12.2. The van der Waals surface area contributed by atoms with Gasteiger partial charge in [-0.05, 0) is 63.1 Å². The monoisotopic (exact) mass is 550 g/mol. The number of morpholine rings is 1. The maximum absolute atomic E-state index is 12.8. The Morgan fingerprint density at radius 2 is 1.94 bits per heavy atom. The van der Waals surface area contributed by atoms with Gasteiger partial charge in [0.1, 0.15) is 5.75 Å². The van der Waals surface area contributed by atoms with E-state index in [0.29, 0.717) is 52.0 Å². The second-order valence-electron chi connectivity index (χ2n) is 7.33. The fraction of sp³-hybridized carbons (Fsp3) is 0.261. The molecule has 2 aliphatic heterocycles. The molecular weight excluding hydrogens is 532 g/mol. The molecule has 3 amide bonds. The molecule has 172 valence electrons. The van der Waals surface area contributed by atoms with Gasteiger partial charge in [-0.15, -0.1) is 0 Å². The summed E-state index contributed by atoms with van der Waals surface area (Å²) in [5, 5.41) is 0.166. The Morgan fingerprint density at radius 3 is 2.67 bits per heavy atom. The quantitative estimate of drug-likeness (QED) is 0.490. The van der Waals surface area contributed by atoms with Crippen LogP contribution in [0.2, 0.25) is 5.02 Å². The maximum atomic E-state index is 12.8. The lowest BCUT2D eigenvalue weighted by atomic mass is 10.2. The van der Waals surface area contributed by atoms with Crippen LogP contribution in [-0.4, -0.2) is 59.8 Å². The molecule has 2 fully saturated rings. The summed E-state index contributed by atoms with van der Waals surface area (Å²) in [6.07, 6.45) is 1.66. The van der Waals surface area contributed by atoms with Crippen LogP contribution in [-0.2, 0) is 20.9 Å². The van der Waals surface area contributed by atoms with E-state index in [4.69, 9.17) is 21.1 Å². The van der Waals surface area contributed by atoms with Crippen molar-refractivity contribution in [1.29, 1.82) is 0 Å². The highest BCUT2D eigenvalue weighted by Crippen LogP contribution is 2.35. The molecule has 0 radical (unpaired) electrons. The molecule has 0 N–H and O–H groups in total. The van der Waals surface area contributed by atoms with Crippen molar-refractivity contribution in [2.75, 3.05) is 32.9 Å². The Hall–Kier alpha value is -2.33. The molecule has 0 spiro atoms. The Morgan fingerprint density at radius 1 is 1.18 bits per heavy atom. The normalized spacial score (nSPS) is 17.7. The second kappa shape index (κ2) is 10.7. The van der Waals surface area contributed by atoms with E-state index in [1.165, 1.54) is 4.90 Å². The molecule has 2 aliphatic rings. The first-order chi connectivity index (χ1) is 15.9. The predicted molar refractivity (Wildman–Crippen MR) is 130 cm³/mol. The Kier molecular flexibility index (Phi) is 7.75. The lowest BCUT2D eigenvalue weighted by molar-refractivity contribution is -0.137. The van der Waals surface area contributed by atoms with Crippen molar-refractivity contribution in [1.82, 2.24) is 9.80 Å². The zero-order valence-electron chi connectivity index (χ0n) is 17.5. The van der Waals surface area contributed by atoms with Crippen molar-refractivity contribution in [3.63, 3.8) is 0 Å². The van der Waals surface area contributed by atoms with Crippen molar-refractivity contribution in [2.24, 2.45) is 0 Å². The van der Waals surface area contributed by atoms with Crippen molar-refractivity contribution < 1.29 is 23.9 Å². The van der Waals surface area contributed by atoms with Gasteiger partial charge in [0.05, 0.1) is 29.1 Å². The van der Waals surface area contributed by atoms with Crippen LogP contribution in [0.1, 0.15) is 11.1 Å². The number of nitrogens with zero attached hydrogens (tertiary/aromatic N) is 2. The van der Waals surface area contributed by atoms with Crippen LogP contribution in [0.5, 0.6) is 5.75 Å². The number of carbonyl (C=O) groups excluding carboxylic acids is 3. The van der Waals surface area contributed by atoms with Gasteiger partial charge in [-0.1, -0.05) is 35.9 Å². The van der Waals surface area contributed by atoms with Crippen molar-refractivity contribution >= 4 is 62.4 Å². The molecule has 2 aromatic carbocycles. The molecule has 2 heterocycles. The third-order valence-corrected chi connectivity index (χ3v) is 7.02. The highest BCUT2D eigenvalue weighted by molar-refractivity contribution is 9.10. The number of benzene rings is 2. The van der Waals surface area contributed by atoms with Crippen LogP contribution in [0.15, 0.2) is 51.8 Å². The molecule has 0 aromatic heterocycles. The standard InChI is InChI=1S/C23H20BrClN2O5S/c24-17-11-15(5-6-19(17)32-14-21(28)26-7-9-31-10-8-26)12-20-22(29)27(23(30)33-20)13-16-3-1-2-4-18(16)25/h1-6,11-12H,7-10,13-14H2/b20-12-. The second-order valence-corrected chi connectivity index (χ2v) is 9.59. The molecule has 33 heavy (non-hydrogen) atoms. The lowest BCUT2D eigenvalue weighted by Crippen LogP contribution is -2.43. The summed E-state index contributed by atoms with van der Waals surface area (Å²) in [7, 11) is 0. The summed E-state index contributed by atoms with van der Waals surface area (Å²) < 4.78 is 11.6. The van der Waals surface area contributed by atoms with Gasteiger partial charge in [0.2, 0.25) is 0 Å². The molecule has 10 heteroatoms. The van der Waals surface area contributed by atoms with E-state index in [0.717, 1.165) is 17.3 Å². The molecule has 2 aromatic rings. The zero-order valence-corrected chi connectivity index (χ0v) is 20.6. The minimum atomic E-state index is -0.363. The van der Waals surface area contributed by atoms with Crippen LogP contribution in [0.25, 0.3) is 6.08 Å². The number of amides is 3. The lowest BCUT2D eigenvalue weighted by Gasteiger charge is -2.26. The average molecular weight is 552 g/mol. The van der Waals surface area contributed by atoms with Gasteiger partial charge < -0.3 is 14.4 Å². The molecule has 0 atom stereocenters. The van der Waals surface area contributed by atoms with E-state index >= 15 is 0 Å². The summed E-state index contributed by atoms with van der Waals surface area (Å²) >= 11 is 10.5. The highest BCUT2D eigenvalue weighted by Gasteiger charge is 2.35. The number of ether oxygens (including phenoxy) is 2. The van der Waals surface area contributed by atoms with Crippen LogP contribution < -0.4 is 4.74 Å². The first-order valence-electron chi connectivity index (χ1n) is 10.2. The topological polar surface area (TPSA) is 76.2 Å². The maximum Gasteiger partial charge on any atom is 0.293 e. The van der Waals surface area contributed by atoms with Gasteiger partial charge >= 0.3 is 0 Å².